The molecule has 0 spiro atoms. The summed E-state index contributed by atoms with van der Waals surface area (Å²) in [6, 6.07) is 16.2. The molecule has 2 aromatic heterocycles. The Morgan fingerprint density at radius 2 is 2.00 bits per heavy atom. The van der Waals surface area contributed by atoms with E-state index in [1.54, 1.807) is 17.8 Å². The summed E-state index contributed by atoms with van der Waals surface area (Å²) in [5.41, 5.74) is 4.49. The molecule has 3 aromatic rings. The molecule has 4 nitrogen and oxygen atoms in total. The Morgan fingerprint density at radius 1 is 1.21 bits per heavy atom. The molecule has 0 amide bonds. The second kappa shape index (κ2) is 9.84. The summed E-state index contributed by atoms with van der Waals surface area (Å²) in [7, 11) is 0. The number of allylic oxidation sites excluding steroid dienone is 3. The van der Waals surface area contributed by atoms with Crippen LogP contribution in [-0.4, -0.2) is 15.7 Å². The molecule has 0 radical (unpaired) electrons. The fourth-order valence-electron chi connectivity index (χ4n) is 2.67. The third-order valence-corrected chi connectivity index (χ3v) is 5.81. The number of nitrogens with zero attached hydrogens (tertiary/aromatic N) is 4. The molecule has 0 atom stereocenters. The average molecular weight is 415 g/mol. The molecule has 6 heteroatoms. The number of aryl methyl sites for hydroxylation is 1. The lowest BCUT2D eigenvalue weighted by Crippen LogP contribution is -1.95. The number of pyridine rings is 1. The van der Waals surface area contributed by atoms with Crippen molar-refractivity contribution in [3.63, 3.8) is 0 Å². The molecular weight excluding hydrogens is 396 g/mol. The van der Waals surface area contributed by atoms with Crippen LogP contribution in [-0.2, 0) is 0 Å². The van der Waals surface area contributed by atoms with E-state index in [9.17, 15) is 10.5 Å². The summed E-state index contributed by atoms with van der Waals surface area (Å²) in [6.07, 6.45) is 5.57. The van der Waals surface area contributed by atoms with Crippen LogP contribution < -0.4 is 0 Å². The monoisotopic (exact) mass is 414 g/mol. The summed E-state index contributed by atoms with van der Waals surface area (Å²) in [6.45, 7) is 3.95. The van der Waals surface area contributed by atoms with Gasteiger partial charge in [0.15, 0.2) is 0 Å². The second-order valence-electron chi connectivity index (χ2n) is 6.02. The Bertz CT molecular complexity index is 1150. The van der Waals surface area contributed by atoms with Crippen molar-refractivity contribution < 1.29 is 0 Å². The third kappa shape index (κ3) is 5.00. The molecule has 29 heavy (non-hydrogen) atoms. The molecule has 0 aliphatic carbocycles. The van der Waals surface area contributed by atoms with Crippen LogP contribution in [0.1, 0.15) is 28.8 Å². The number of benzene rings is 1. The third-order valence-electron chi connectivity index (χ3n) is 4.06. The van der Waals surface area contributed by atoms with Gasteiger partial charge in [-0.1, -0.05) is 49.4 Å². The van der Waals surface area contributed by atoms with E-state index in [1.807, 2.05) is 67.8 Å². The van der Waals surface area contributed by atoms with Gasteiger partial charge in [0.1, 0.15) is 22.2 Å². The van der Waals surface area contributed by atoms with Crippen molar-refractivity contribution in [2.75, 3.05) is 5.75 Å². The summed E-state index contributed by atoms with van der Waals surface area (Å²) in [5, 5.41) is 22.3. The minimum absolute atomic E-state index is 0.498. The van der Waals surface area contributed by atoms with Gasteiger partial charge in [0, 0.05) is 16.6 Å². The quantitative estimate of drug-likeness (QED) is 0.276. The van der Waals surface area contributed by atoms with Crippen LogP contribution in [0.4, 0.5) is 0 Å². The van der Waals surface area contributed by atoms with E-state index < -0.39 is 0 Å². The smallest absolute Gasteiger partial charge is 0.134 e. The maximum atomic E-state index is 9.55. The van der Waals surface area contributed by atoms with Gasteiger partial charge in [0.2, 0.25) is 0 Å². The highest BCUT2D eigenvalue weighted by molar-refractivity contribution is 7.99. The fraction of sp³-hybridized carbons (Fsp3) is 0.130. The van der Waals surface area contributed by atoms with E-state index >= 15 is 0 Å². The van der Waals surface area contributed by atoms with Crippen molar-refractivity contribution in [1.29, 1.82) is 10.5 Å². The molecular formula is C23H18N4S2. The molecule has 0 bridgehead atoms. The molecule has 0 unspecified atom stereocenters. The minimum atomic E-state index is 0.498. The maximum Gasteiger partial charge on any atom is 0.134 e. The van der Waals surface area contributed by atoms with Crippen molar-refractivity contribution in [2.24, 2.45) is 0 Å². The molecule has 1 aromatic carbocycles. The zero-order valence-corrected chi connectivity index (χ0v) is 17.7. The highest BCUT2D eigenvalue weighted by Crippen LogP contribution is 2.31. The number of nitriles is 2. The minimum Gasteiger partial charge on any atom is -0.245 e. The number of hydrogen-bond donors (Lipinski definition) is 0. The first kappa shape index (κ1) is 20.5. The van der Waals surface area contributed by atoms with Crippen LogP contribution in [0, 0.1) is 29.6 Å². The van der Waals surface area contributed by atoms with Crippen LogP contribution in [0.15, 0.2) is 59.0 Å². The first-order valence-corrected chi connectivity index (χ1v) is 10.9. The molecule has 3 rings (SSSR count). The molecule has 0 fully saturated rings. The molecule has 0 saturated carbocycles. The van der Waals surface area contributed by atoms with E-state index in [2.05, 4.69) is 22.1 Å². The SMILES string of the molecule is CCSc1nc(C)c(-c2csc(/C(C#N)=C\C=C\c3ccccc3)n2)cc1C#N. The molecule has 0 N–H and O–H groups in total. The van der Waals surface area contributed by atoms with E-state index in [0.29, 0.717) is 16.1 Å². The molecule has 0 saturated heterocycles. The molecule has 0 aliphatic rings. The predicted molar refractivity (Wildman–Crippen MR) is 120 cm³/mol. The lowest BCUT2D eigenvalue weighted by atomic mass is 10.1. The van der Waals surface area contributed by atoms with Crippen LogP contribution >= 0.6 is 23.1 Å². The van der Waals surface area contributed by atoms with Gasteiger partial charge in [0.25, 0.3) is 0 Å². The van der Waals surface area contributed by atoms with Crippen LogP contribution in [0.2, 0.25) is 0 Å². The number of hydrogen-bond acceptors (Lipinski definition) is 6. The van der Waals surface area contributed by atoms with E-state index in [-0.39, 0.29) is 0 Å². The fourth-order valence-corrected chi connectivity index (χ4v) is 4.20. The Hall–Kier alpha value is -3.19. The Labute approximate surface area is 178 Å². The van der Waals surface area contributed by atoms with Gasteiger partial charge in [-0.3, -0.25) is 0 Å². The maximum absolute atomic E-state index is 9.55. The van der Waals surface area contributed by atoms with Crippen LogP contribution in [0.25, 0.3) is 22.9 Å². The number of rotatable bonds is 6. The molecule has 2 heterocycles. The second-order valence-corrected chi connectivity index (χ2v) is 8.13. The van der Waals surface area contributed by atoms with Gasteiger partial charge >= 0.3 is 0 Å². The van der Waals surface area contributed by atoms with Gasteiger partial charge in [-0.25, -0.2) is 9.97 Å². The summed E-state index contributed by atoms with van der Waals surface area (Å²) in [4.78, 5) is 9.21. The normalized spacial score (nSPS) is 11.4. The summed E-state index contributed by atoms with van der Waals surface area (Å²) in [5.74, 6) is 0.855. The highest BCUT2D eigenvalue weighted by Gasteiger charge is 2.14. The Balaban J connectivity index is 1.90. The first-order chi connectivity index (χ1) is 14.2. The zero-order chi connectivity index (χ0) is 20.6. The van der Waals surface area contributed by atoms with Gasteiger partial charge in [0.05, 0.1) is 16.8 Å². The molecule has 0 aliphatic heterocycles. The first-order valence-electron chi connectivity index (χ1n) is 9.00. The van der Waals surface area contributed by atoms with E-state index in [0.717, 1.165) is 33.3 Å². The van der Waals surface area contributed by atoms with Crippen molar-refractivity contribution in [1.82, 2.24) is 9.97 Å². The lowest BCUT2D eigenvalue weighted by molar-refractivity contribution is 1.05. The Kier molecular flexibility index (Phi) is 6.97. The lowest BCUT2D eigenvalue weighted by Gasteiger charge is -2.07. The summed E-state index contributed by atoms with van der Waals surface area (Å²) >= 11 is 2.96. The number of aromatic nitrogens is 2. The zero-order valence-electron chi connectivity index (χ0n) is 16.1. The van der Waals surface area contributed by atoms with Crippen molar-refractivity contribution in [3.05, 3.63) is 75.8 Å². The van der Waals surface area contributed by atoms with Gasteiger partial charge in [-0.2, -0.15) is 10.5 Å². The number of thioether (sulfide) groups is 1. The van der Waals surface area contributed by atoms with Crippen LogP contribution in [0.3, 0.4) is 0 Å². The topological polar surface area (TPSA) is 73.4 Å². The van der Waals surface area contributed by atoms with Gasteiger partial charge in [-0.15, -0.1) is 23.1 Å². The van der Waals surface area contributed by atoms with Crippen molar-refractivity contribution in [3.8, 4) is 23.4 Å². The summed E-state index contributed by atoms with van der Waals surface area (Å²) < 4.78 is 0. The predicted octanol–water partition coefficient (Wildman–Crippen LogP) is 6.12. The molecule has 142 valence electrons. The Morgan fingerprint density at radius 3 is 2.69 bits per heavy atom. The average Bonchev–Trinajstić information content (AvgIpc) is 3.22. The standard InChI is InChI=1S/C23H18N4S2/c1-3-28-23-19(14-25)12-20(16(2)26-23)21-15-29-22(27-21)18(13-24)11-7-10-17-8-5-4-6-9-17/h4-12,15H,3H2,1-2H3/b10-7+,18-11-. The number of thiazole rings is 1. The highest BCUT2D eigenvalue weighted by atomic mass is 32.2. The van der Waals surface area contributed by atoms with E-state index in [1.165, 1.54) is 11.3 Å². The van der Waals surface area contributed by atoms with Gasteiger partial charge in [-0.05, 0) is 30.4 Å². The van der Waals surface area contributed by atoms with Crippen molar-refractivity contribution in [2.45, 2.75) is 18.9 Å². The van der Waals surface area contributed by atoms with Gasteiger partial charge < -0.3 is 0 Å². The largest absolute Gasteiger partial charge is 0.245 e. The van der Waals surface area contributed by atoms with Crippen molar-refractivity contribution >= 4 is 34.7 Å². The van der Waals surface area contributed by atoms with E-state index in [4.69, 9.17) is 0 Å². The van der Waals surface area contributed by atoms with Crippen LogP contribution in [0.5, 0.6) is 0 Å².